The lowest BCUT2D eigenvalue weighted by Crippen LogP contribution is -2.59. The van der Waals surface area contributed by atoms with Gasteiger partial charge in [-0.15, -0.1) is 0 Å². The van der Waals surface area contributed by atoms with Gasteiger partial charge in [-0.3, -0.25) is 9.59 Å². The zero-order chi connectivity index (χ0) is 33.4. The highest BCUT2D eigenvalue weighted by atomic mass is 19.3. The summed E-state index contributed by atoms with van der Waals surface area (Å²) in [6, 6.07) is 0. The number of hydrogen-bond donors (Lipinski definition) is 0. The van der Waals surface area contributed by atoms with Gasteiger partial charge in [-0.25, -0.2) is 17.6 Å². The van der Waals surface area contributed by atoms with Gasteiger partial charge in [0.2, 0.25) is 0 Å². The average Bonchev–Trinajstić information content (AvgIpc) is 2.93. The first kappa shape index (κ1) is 35.9. The first-order valence-corrected chi connectivity index (χ1v) is 17.9. The number of hydrogen-bond acceptors (Lipinski definition) is 6. The highest BCUT2D eigenvalue weighted by molar-refractivity contribution is 5.78. The largest absolute Gasteiger partial charge is 0.459 e. The van der Waals surface area contributed by atoms with Gasteiger partial charge in [-0.05, 0) is 114 Å². The van der Waals surface area contributed by atoms with E-state index in [1.54, 1.807) is 0 Å². The second-order valence-corrected chi connectivity index (χ2v) is 16.5. The monoisotopic (exact) mass is 660 g/mol. The molecule has 0 spiro atoms. The van der Waals surface area contributed by atoms with Crippen LogP contribution >= 0.6 is 0 Å². The summed E-state index contributed by atoms with van der Waals surface area (Å²) in [7, 11) is 0. The number of unbranched alkanes of at least 4 members (excludes halogenated alkanes) is 2. The molecule has 4 atom stereocenters. The number of ether oxygens (including phenoxy) is 4. The van der Waals surface area contributed by atoms with Crippen LogP contribution in [0, 0.1) is 34.5 Å². The van der Waals surface area contributed by atoms with Crippen LogP contribution in [0.4, 0.5) is 17.6 Å². The highest BCUT2D eigenvalue weighted by Gasteiger charge is 2.63. The van der Waals surface area contributed by atoms with Gasteiger partial charge < -0.3 is 18.9 Å². The molecule has 0 amide bonds. The van der Waals surface area contributed by atoms with Crippen LogP contribution in [-0.4, -0.2) is 61.4 Å². The molecule has 8 bridgehead atoms. The van der Waals surface area contributed by atoms with E-state index in [0.29, 0.717) is 36.5 Å². The summed E-state index contributed by atoms with van der Waals surface area (Å²) in [6.45, 7) is 5.67. The molecule has 0 heterocycles. The smallest absolute Gasteiger partial charge is 0.312 e. The molecule has 0 aliphatic heterocycles. The van der Waals surface area contributed by atoms with E-state index in [1.807, 2.05) is 0 Å². The Bertz CT molecular complexity index is 971. The standard InChI is InChI=1S/2C18H28F2O3/c2*1-3-4-5-23-18-9-13-6-14(10-18)8-17(7-13,11-18)15(21)22-12-16(2,19)20/h2*13-14H,3-12H2,1-2H3. The predicted octanol–water partition coefficient (Wildman–Crippen LogP) is 8.68. The molecule has 8 aliphatic carbocycles. The van der Waals surface area contributed by atoms with Crippen molar-refractivity contribution in [3.8, 4) is 0 Å². The van der Waals surface area contributed by atoms with Gasteiger partial charge in [0.25, 0.3) is 11.8 Å². The maximum Gasteiger partial charge on any atom is 0.312 e. The molecule has 0 aromatic carbocycles. The molecule has 8 fully saturated rings. The lowest BCUT2D eigenvalue weighted by Gasteiger charge is -2.60. The number of halogens is 4. The normalized spacial score (nSPS) is 38.8. The average molecular weight is 661 g/mol. The number of carbonyl (C=O) groups is 2. The molecule has 264 valence electrons. The van der Waals surface area contributed by atoms with Gasteiger partial charge in [0.15, 0.2) is 13.2 Å². The van der Waals surface area contributed by atoms with Crippen LogP contribution in [0.15, 0.2) is 0 Å². The van der Waals surface area contributed by atoms with Crippen LogP contribution in [-0.2, 0) is 28.5 Å². The number of alkyl halides is 4. The van der Waals surface area contributed by atoms with Gasteiger partial charge in [0.05, 0.1) is 22.0 Å². The molecule has 0 aromatic rings. The molecule has 0 saturated heterocycles. The van der Waals surface area contributed by atoms with Crippen molar-refractivity contribution >= 4 is 11.9 Å². The Hall–Kier alpha value is -1.42. The van der Waals surface area contributed by atoms with Crippen LogP contribution in [0.1, 0.15) is 130 Å². The number of rotatable bonds is 14. The summed E-state index contributed by atoms with van der Waals surface area (Å²) in [6.07, 6.45) is 15.1. The van der Waals surface area contributed by atoms with Crippen LogP contribution in [0.25, 0.3) is 0 Å². The minimum Gasteiger partial charge on any atom is -0.459 e. The molecule has 8 rings (SSSR count). The van der Waals surface area contributed by atoms with Crippen molar-refractivity contribution in [2.75, 3.05) is 26.4 Å². The lowest BCUT2D eigenvalue weighted by atomic mass is 9.48. The van der Waals surface area contributed by atoms with Crippen molar-refractivity contribution in [3.63, 3.8) is 0 Å². The van der Waals surface area contributed by atoms with Crippen molar-refractivity contribution in [3.05, 3.63) is 0 Å². The quantitative estimate of drug-likeness (QED) is 0.106. The molecular weight excluding hydrogens is 604 g/mol. The van der Waals surface area contributed by atoms with Crippen molar-refractivity contribution in [1.29, 1.82) is 0 Å². The van der Waals surface area contributed by atoms with Gasteiger partial charge in [-0.1, -0.05) is 26.7 Å². The van der Waals surface area contributed by atoms with E-state index in [0.717, 1.165) is 117 Å². The molecule has 0 aromatic heterocycles. The fourth-order valence-corrected chi connectivity index (χ4v) is 10.7. The van der Waals surface area contributed by atoms with Crippen molar-refractivity contribution in [2.24, 2.45) is 34.5 Å². The molecule has 4 unspecified atom stereocenters. The van der Waals surface area contributed by atoms with E-state index >= 15 is 0 Å². The predicted molar refractivity (Wildman–Crippen MR) is 165 cm³/mol. The van der Waals surface area contributed by atoms with Gasteiger partial charge >= 0.3 is 11.9 Å². The summed E-state index contributed by atoms with van der Waals surface area (Å²) < 4.78 is 74.7. The molecule has 8 aliphatic rings. The first-order chi connectivity index (χ1) is 21.5. The third-order valence-electron chi connectivity index (χ3n) is 11.6. The van der Waals surface area contributed by atoms with E-state index in [4.69, 9.17) is 18.9 Å². The third-order valence-corrected chi connectivity index (χ3v) is 11.6. The van der Waals surface area contributed by atoms with E-state index in [2.05, 4.69) is 13.8 Å². The third kappa shape index (κ3) is 8.23. The van der Waals surface area contributed by atoms with Crippen molar-refractivity contribution < 1.29 is 46.1 Å². The Morgan fingerprint density at radius 2 is 0.935 bits per heavy atom. The Balaban J connectivity index is 0.000000181. The van der Waals surface area contributed by atoms with Crippen LogP contribution in [0.5, 0.6) is 0 Å². The number of carbonyl (C=O) groups excluding carboxylic acids is 2. The summed E-state index contributed by atoms with van der Waals surface area (Å²) in [5.74, 6) is -4.85. The van der Waals surface area contributed by atoms with Crippen molar-refractivity contribution in [1.82, 2.24) is 0 Å². The maximum absolute atomic E-state index is 13.0. The van der Waals surface area contributed by atoms with E-state index < -0.39 is 47.8 Å². The Labute approximate surface area is 272 Å². The maximum atomic E-state index is 13.0. The highest BCUT2D eigenvalue weighted by Crippen LogP contribution is 2.64. The second-order valence-electron chi connectivity index (χ2n) is 16.5. The Morgan fingerprint density at radius 1 is 0.609 bits per heavy atom. The summed E-state index contributed by atoms with van der Waals surface area (Å²) in [4.78, 5) is 25.2. The van der Waals surface area contributed by atoms with Gasteiger partial charge in [0, 0.05) is 27.1 Å². The zero-order valence-electron chi connectivity index (χ0n) is 28.4. The summed E-state index contributed by atoms with van der Waals surface area (Å²) >= 11 is 0. The van der Waals surface area contributed by atoms with E-state index in [9.17, 15) is 27.2 Å². The molecular formula is C36H56F4O6. The van der Waals surface area contributed by atoms with Gasteiger partial charge in [0.1, 0.15) is 0 Å². The molecule has 46 heavy (non-hydrogen) atoms. The lowest BCUT2D eigenvalue weighted by molar-refractivity contribution is -0.214. The van der Waals surface area contributed by atoms with Crippen LogP contribution in [0.3, 0.4) is 0 Å². The fourth-order valence-electron chi connectivity index (χ4n) is 10.7. The zero-order valence-corrected chi connectivity index (χ0v) is 28.4. The van der Waals surface area contributed by atoms with Gasteiger partial charge in [-0.2, -0.15) is 0 Å². The SMILES string of the molecule is CCCCOC12CC3CC(C1)CC(C(=O)OCC(C)(F)F)(C3)C2.CCCCOC12CC3CC(C1)CC(C(=O)OCC(C)(F)F)(C3)C2. The van der Waals surface area contributed by atoms with Crippen molar-refractivity contribution in [2.45, 2.75) is 153 Å². The minimum atomic E-state index is -2.97. The summed E-state index contributed by atoms with van der Waals surface area (Å²) in [5.41, 5.74) is -1.59. The topological polar surface area (TPSA) is 71.1 Å². The molecule has 8 saturated carbocycles. The first-order valence-electron chi connectivity index (χ1n) is 17.9. The van der Waals surface area contributed by atoms with E-state index in [1.165, 1.54) is 0 Å². The Morgan fingerprint density at radius 3 is 1.22 bits per heavy atom. The molecule has 6 nitrogen and oxygen atoms in total. The molecule has 0 radical (unpaired) electrons. The summed E-state index contributed by atoms with van der Waals surface area (Å²) in [5, 5.41) is 0. The van der Waals surface area contributed by atoms with Crippen LogP contribution < -0.4 is 0 Å². The second kappa shape index (κ2) is 13.5. The minimum absolute atomic E-state index is 0.215. The van der Waals surface area contributed by atoms with Crippen LogP contribution in [0.2, 0.25) is 0 Å². The molecule has 10 heteroatoms. The molecule has 0 N–H and O–H groups in total. The fraction of sp³-hybridized carbons (Fsp3) is 0.944. The van der Waals surface area contributed by atoms with E-state index in [-0.39, 0.29) is 11.2 Å². The Kier molecular flexibility index (Phi) is 10.5. The number of esters is 2.